The first kappa shape index (κ1) is 17.0. The molecular formula is C15H10FN3O4S2. The third-order valence-electron chi connectivity index (χ3n) is 2.99. The molecule has 0 fully saturated rings. The summed E-state index contributed by atoms with van der Waals surface area (Å²) in [5.74, 6) is -1.05. The number of hydrogen-bond donors (Lipinski definition) is 1. The zero-order valence-corrected chi connectivity index (χ0v) is 14.1. The molecule has 0 bridgehead atoms. The number of nitrogens with one attached hydrogen (secondary N) is 1. The third kappa shape index (κ3) is 4.17. The SMILES string of the molecule is O=C(COc1ccccc1F)Nc1nc(-c2cc([N+](=O)[O-])cs2)cs1. The van der Waals surface area contributed by atoms with Crippen LogP contribution >= 0.6 is 22.7 Å². The maximum Gasteiger partial charge on any atom is 0.280 e. The average molecular weight is 379 g/mol. The number of aromatic nitrogens is 1. The van der Waals surface area contributed by atoms with Gasteiger partial charge < -0.3 is 4.74 Å². The van der Waals surface area contributed by atoms with Crippen LogP contribution in [-0.4, -0.2) is 22.4 Å². The fraction of sp³-hybridized carbons (Fsp3) is 0.0667. The summed E-state index contributed by atoms with van der Waals surface area (Å²) in [5, 5.41) is 16.7. The van der Waals surface area contributed by atoms with E-state index in [1.165, 1.54) is 52.3 Å². The molecule has 128 valence electrons. The van der Waals surface area contributed by atoms with Crippen molar-refractivity contribution in [2.45, 2.75) is 0 Å². The first-order valence-corrected chi connectivity index (χ1v) is 8.65. The number of nitrogens with zero attached hydrogens (tertiary/aromatic N) is 2. The highest BCUT2D eigenvalue weighted by atomic mass is 32.1. The molecule has 0 unspecified atom stereocenters. The van der Waals surface area contributed by atoms with Gasteiger partial charge in [-0.25, -0.2) is 9.37 Å². The number of ether oxygens (including phenoxy) is 1. The van der Waals surface area contributed by atoms with E-state index in [0.29, 0.717) is 15.7 Å². The zero-order chi connectivity index (χ0) is 17.8. The van der Waals surface area contributed by atoms with Crippen LogP contribution in [-0.2, 0) is 4.79 Å². The summed E-state index contributed by atoms with van der Waals surface area (Å²) in [6.45, 7) is -0.361. The van der Waals surface area contributed by atoms with E-state index >= 15 is 0 Å². The second-order valence-corrected chi connectivity index (χ2v) is 6.50. The molecule has 0 aliphatic heterocycles. The maximum atomic E-state index is 13.4. The van der Waals surface area contributed by atoms with Crippen molar-refractivity contribution in [3.8, 4) is 16.3 Å². The van der Waals surface area contributed by atoms with Gasteiger partial charge >= 0.3 is 0 Å². The quantitative estimate of drug-likeness (QED) is 0.517. The van der Waals surface area contributed by atoms with Crippen LogP contribution in [0.1, 0.15) is 0 Å². The average Bonchev–Trinajstić information content (AvgIpc) is 3.23. The fourth-order valence-corrected chi connectivity index (χ4v) is 3.48. The van der Waals surface area contributed by atoms with E-state index in [1.54, 1.807) is 11.4 Å². The molecule has 2 heterocycles. The molecule has 1 N–H and O–H groups in total. The second-order valence-electron chi connectivity index (χ2n) is 4.73. The Bertz CT molecular complexity index is 925. The van der Waals surface area contributed by atoms with E-state index in [4.69, 9.17) is 4.74 Å². The molecule has 0 saturated carbocycles. The lowest BCUT2D eigenvalue weighted by Gasteiger charge is -2.06. The molecular weight excluding hydrogens is 369 g/mol. The number of hydrogen-bond acceptors (Lipinski definition) is 7. The molecule has 0 aliphatic carbocycles. The molecule has 1 amide bonds. The van der Waals surface area contributed by atoms with Crippen molar-refractivity contribution in [1.29, 1.82) is 0 Å². The van der Waals surface area contributed by atoms with Crippen LogP contribution in [0.25, 0.3) is 10.6 Å². The number of rotatable bonds is 6. The van der Waals surface area contributed by atoms with Crippen molar-refractivity contribution >= 4 is 39.4 Å². The predicted molar refractivity (Wildman–Crippen MR) is 92.6 cm³/mol. The van der Waals surface area contributed by atoms with Crippen molar-refractivity contribution in [2.24, 2.45) is 0 Å². The number of nitro groups is 1. The molecule has 0 aliphatic rings. The first-order valence-electron chi connectivity index (χ1n) is 6.89. The van der Waals surface area contributed by atoms with Crippen LogP contribution in [0.4, 0.5) is 15.2 Å². The number of para-hydroxylation sites is 1. The van der Waals surface area contributed by atoms with E-state index in [2.05, 4.69) is 10.3 Å². The highest BCUT2D eigenvalue weighted by Gasteiger charge is 2.14. The molecule has 10 heteroatoms. The standard InChI is InChI=1S/C15H10FN3O4S2/c16-10-3-1-2-4-12(10)23-6-14(20)18-15-17-11(8-25-15)13-5-9(7-24-13)19(21)22/h1-5,7-8H,6H2,(H,17,18,20). The smallest absolute Gasteiger partial charge is 0.280 e. The van der Waals surface area contributed by atoms with Gasteiger partial charge in [0, 0.05) is 11.4 Å². The van der Waals surface area contributed by atoms with Crippen LogP contribution in [0.3, 0.4) is 0 Å². The van der Waals surface area contributed by atoms with Crippen molar-refractivity contribution in [3.63, 3.8) is 0 Å². The van der Waals surface area contributed by atoms with Gasteiger partial charge in [-0.05, 0) is 12.1 Å². The minimum absolute atomic E-state index is 0.00290. The Morgan fingerprint density at radius 2 is 2.12 bits per heavy atom. The summed E-state index contributed by atoms with van der Waals surface area (Å²) >= 11 is 2.38. The van der Waals surface area contributed by atoms with Gasteiger partial charge in [0.2, 0.25) is 0 Å². The largest absolute Gasteiger partial charge is 0.481 e. The van der Waals surface area contributed by atoms with Crippen LogP contribution in [0.5, 0.6) is 5.75 Å². The number of thiazole rings is 1. The summed E-state index contributed by atoms with van der Waals surface area (Å²) in [4.78, 5) is 26.9. The highest BCUT2D eigenvalue weighted by Crippen LogP contribution is 2.32. The number of amides is 1. The molecule has 3 rings (SSSR count). The lowest BCUT2D eigenvalue weighted by Crippen LogP contribution is -2.20. The third-order valence-corrected chi connectivity index (χ3v) is 4.69. The monoisotopic (exact) mass is 379 g/mol. The van der Waals surface area contributed by atoms with Gasteiger partial charge in [-0.3, -0.25) is 20.2 Å². The Labute approximate surface area is 148 Å². The van der Waals surface area contributed by atoms with Gasteiger partial charge in [-0.1, -0.05) is 12.1 Å². The minimum atomic E-state index is -0.550. The summed E-state index contributed by atoms with van der Waals surface area (Å²) < 4.78 is 18.5. The molecule has 0 atom stereocenters. The Balaban J connectivity index is 1.60. The van der Waals surface area contributed by atoms with Gasteiger partial charge in [0.05, 0.1) is 20.9 Å². The number of carbonyl (C=O) groups is 1. The lowest BCUT2D eigenvalue weighted by atomic mass is 10.3. The molecule has 3 aromatic rings. The highest BCUT2D eigenvalue weighted by molar-refractivity contribution is 7.16. The van der Waals surface area contributed by atoms with E-state index < -0.39 is 16.6 Å². The maximum absolute atomic E-state index is 13.4. The normalized spacial score (nSPS) is 10.4. The van der Waals surface area contributed by atoms with E-state index in [1.807, 2.05) is 0 Å². The van der Waals surface area contributed by atoms with Gasteiger partial charge in [0.15, 0.2) is 23.3 Å². The van der Waals surface area contributed by atoms with E-state index in [0.717, 1.165) is 0 Å². The summed E-state index contributed by atoms with van der Waals surface area (Å²) in [5.41, 5.74) is 0.533. The second kappa shape index (κ2) is 7.36. The summed E-state index contributed by atoms with van der Waals surface area (Å²) in [6, 6.07) is 7.21. The molecule has 7 nitrogen and oxygen atoms in total. The summed E-state index contributed by atoms with van der Waals surface area (Å²) in [7, 11) is 0. The van der Waals surface area contributed by atoms with Gasteiger partial charge in [-0.2, -0.15) is 0 Å². The van der Waals surface area contributed by atoms with Crippen molar-refractivity contribution < 1.29 is 18.8 Å². The summed E-state index contributed by atoms with van der Waals surface area (Å²) in [6.07, 6.45) is 0. The molecule has 0 radical (unpaired) electrons. The van der Waals surface area contributed by atoms with Gasteiger partial charge in [-0.15, -0.1) is 22.7 Å². The lowest BCUT2D eigenvalue weighted by molar-refractivity contribution is -0.384. The zero-order valence-electron chi connectivity index (χ0n) is 12.5. The number of thiophene rings is 1. The van der Waals surface area contributed by atoms with E-state index in [9.17, 15) is 19.3 Å². The fourth-order valence-electron chi connectivity index (χ4n) is 1.86. The molecule has 1 aromatic carbocycles. The van der Waals surface area contributed by atoms with Crippen molar-refractivity contribution in [1.82, 2.24) is 4.98 Å². The van der Waals surface area contributed by atoms with Crippen molar-refractivity contribution in [2.75, 3.05) is 11.9 Å². The topological polar surface area (TPSA) is 94.4 Å². The van der Waals surface area contributed by atoms with Crippen molar-refractivity contribution in [3.05, 3.63) is 57.0 Å². The van der Waals surface area contributed by atoms with Crippen LogP contribution < -0.4 is 10.1 Å². The molecule has 0 saturated heterocycles. The Morgan fingerprint density at radius 1 is 1.32 bits per heavy atom. The molecule has 2 aromatic heterocycles. The first-order chi connectivity index (χ1) is 12.0. The van der Waals surface area contributed by atoms with Gasteiger partial charge in [0.25, 0.3) is 11.6 Å². The molecule has 25 heavy (non-hydrogen) atoms. The Kier molecular flexibility index (Phi) is 5.00. The number of halogens is 1. The number of benzene rings is 1. The van der Waals surface area contributed by atoms with Crippen LogP contribution in [0.2, 0.25) is 0 Å². The van der Waals surface area contributed by atoms with Crippen LogP contribution in [0, 0.1) is 15.9 Å². The Hall–Kier alpha value is -2.85. The number of anilines is 1. The predicted octanol–water partition coefficient (Wildman–Crippen LogP) is 3.94. The minimum Gasteiger partial charge on any atom is -0.481 e. The van der Waals surface area contributed by atoms with Gasteiger partial charge in [0.1, 0.15) is 0 Å². The number of carbonyl (C=O) groups excluding carboxylic acids is 1. The van der Waals surface area contributed by atoms with E-state index in [-0.39, 0.29) is 18.0 Å². The van der Waals surface area contributed by atoms with Crippen LogP contribution in [0.15, 0.2) is 41.1 Å². The Morgan fingerprint density at radius 3 is 2.84 bits per heavy atom. The molecule has 0 spiro atoms.